The summed E-state index contributed by atoms with van der Waals surface area (Å²) in [5, 5.41) is 0. The maximum Gasteiger partial charge on any atom is 0.227 e. The van der Waals surface area contributed by atoms with E-state index in [9.17, 15) is 0 Å². The Hall–Kier alpha value is -1.33. The van der Waals surface area contributed by atoms with Crippen molar-refractivity contribution in [1.82, 2.24) is 4.98 Å². The van der Waals surface area contributed by atoms with Crippen LogP contribution >= 0.6 is 31.9 Å². The van der Waals surface area contributed by atoms with Crippen LogP contribution in [0.1, 0.15) is 11.1 Å². The molecule has 3 rings (SSSR count). The van der Waals surface area contributed by atoms with Crippen molar-refractivity contribution in [1.29, 1.82) is 0 Å². The molecule has 2 aromatic carbocycles. The van der Waals surface area contributed by atoms with Crippen LogP contribution in [-0.4, -0.2) is 12.1 Å². The molecule has 0 saturated carbocycles. The fourth-order valence-electron chi connectivity index (χ4n) is 2.17. The molecule has 21 heavy (non-hydrogen) atoms. The van der Waals surface area contributed by atoms with Crippen molar-refractivity contribution in [2.24, 2.45) is 0 Å². The van der Waals surface area contributed by atoms with Gasteiger partial charge in [0.25, 0.3) is 0 Å². The molecule has 0 aliphatic heterocycles. The SMILES string of the molecule is COc1ccc(-c2nc3cc(C)c(C)c(Br)c3o2)cc1Br. The summed E-state index contributed by atoms with van der Waals surface area (Å²) in [6.07, 6.45) is 0. The third-order valence-electron chi connectivity index (χ3n) is 3.53. The minimum absolute atomic E-state index is 0.596. The molecular formula is C16H13Br2NO2. The first-order valence-corrected chi connectivity index (χ1v) is 8.00. The third kappa shape index (κ3) is 2.49. The molecule has 0 bridgehead atoms. The highest BCUT2D eigenvalue weighted by molar-refractivity contribution is 9.11. The first-order chi connectivity index (χ1) is 10.0. The Morgan fingerprint density at radius 3 is 2.57 bits per heavy atom. The molecule has 108 valence electrons. The smallest absolute Gasteiger partial charge is 0.227 e. The second kappa shape index (κ2) is 5.46. The van der Waals surface area contributed by atoms with Gasteiger partial charge in [-0.1, -0.05) is 0 Å². The number of benzene rings is 2. The highest BCUT2D eigenvalue weighted by atomic mass is 79.9. The number of ether oxygens (including phenoxy) is 1. The number of methoxy groups -OCH3 is 1. The Labute approximate surface area is 139 Å². The number of hydrogen-bond acceptors (Lipinski definition) is 3. The number of oxazole rings is 1. The summed E-state index contributed by atoms with van der Waals surface area (Å²) < 4.78 is 13.0. The second-order valence-electron chi connectivity index (χ2n) is 4.85. The quantitative estimate of drug-likeness (QED) is 0.547. The zero-order chi connectivity index (χ0) is 15.1. The fraction of sp³-hybridized carbons (Fsp3) is 0.188. The summed E-state index contributed by atoms with van der Waals surface area (Å²) in [5.74, 6) is 1.38. The lowest BCUT2D eigenvalue weighted by Gasteiger charge is -2.03. The Balaban J connectivity index is 2.17. The topological polar surface area (TPSA) is 35.3 Å². The summed E-state index contributed by atoms with van der Waals surface area (Å²) in [5.41, 5.74) is 4.89. The molecule has 1 aromatic heterocycles. The molecule has 1 heterocycles. The summed E-state index contributed by atoms with van der Waals surface area (Å²) in [4.78, 5) is 4.58. The lowest BCUT2D eigenvalue weighted by molar-refractivity contribution is 0.412. The molecule has 0 atom stereocenters. The Morgan fingerprint density at radius 1 is 1.14 bits per heavy atom. The molecule has 0 N–H and O–H groups in total. The number of fused-ring (bicyclic) bond motifs is 1. The molecule has 3 nitrogen and oxygen atoms in total. The largest absolute Gasteiger partial charge is 0.496 e. The maximum atomic E-state index is 5.93. The van der Waals surface area contributed by atoms with Gasteiger partial charge in [0.1, 0.15) is 11.3 Å². The molecule has 3 aromatic rings. The van der Waals surface area contributed by atoms with Gasteiger partial charge in [-0.15, -0.1) is 0 Å². The second-order valence-corrected chi connectivity index (χ2v) is 6.50. The predicted molar refractivity (Wildman–Crippen MR) is 90.9 cm³/mol. The van der Waals surface area contributed by atoms with Crippen LogP contribution < -0.4 is 4.74 Å². The minimum atomic E-state index is 0.596. The van der Waals surface area contributed by atoms with E-state index in [1.165, 1.54) is 11.1 Å². The van der Waals surface area contributed by atoms with Gasteiger partial charge in [0, 0.05) is 5.56 Å². The number of nitrogens with zero attached hydrogens (tertiary/aromatic N) is 1. The highest BCUT2D eigenvalue weighted by Gasteiger charge is 2.15. The average molecular weight is 411 g/mol. The first-order valence-electron chi connectivity index (χ1n) is 6.41. The molecule has 0 aliphatic rings. The van der Waals surface area contributed by atoms with Crippen LogP contribution in [0.4, 0.5) is 0 Å². The van der Waals surface area contributed by atoms with Gasteiger partial charge in [-0.3, -0.25) is 0 Å². The molecule has 0 unspecified atom stereocenters. The van der Waals surface area contributed by atoms with Crippen molar-refractivity contribution in [2.75, 3.05) is 7.11 Å². The van der Waals surface area contributed by atoms with Gasteiger partial charge in [0.05, 0.1) is 16.1 Å². The van der Waals surface area contributed by atoms with Crippen LogP contribution in [0.3, 0.4) is 0 Å². The average Bonchev–Trinajstić information content (AvgIpc) is 2.89. The molecule has 0 fully saturated rings. The number of halogens is 2. The van der Waals surface area contributed by atoms with Gasteiger partial charge >= 0.3 is 0 Å². The molecule has 0 spiro atoms. The molecule has 5 heteroatoms. The minimum Gasteiger partial charge on any atom is -0.496 e. The van der Waals surface area contributed by atoms with Gasteiger partial charge < -0.3 is 9.15 Å². The van der Waals surface area contributed by atoms with Crippen LogP contribution in [0.5, 0.6) is 5.75 Å². The number of hydrogen-bond donors (Lipinski definition) is 0. The molecular weight excluding hydrogens is 398 g/mol. The van der Waals surface area contributed by atoms with E-state index in [4.69, 9.17) is 9.15 Å². The number of rotatable bonds is 2. The van der Waals surface area contributed by atoms with Gasteiger partial charge in [-0.2, -0.15) is 0 Å². The molecule has 0 amide bonds. The van der Waals surface area contributed by atoms with Crippen LogP contribution in [0.25, 0.3) is 22.6 Å². The molecule has 0 aliphatic carbocycles. The number of aromatic nitrogens is 1. The Morgan fingerprint density at radius 2 is 1.90 bits per heavy atom. The van der Waals surface area contributed by atoms with Crippen molar-refractivity contribution in [3.8, 4) is 17.2 Å². The zero-order valence-electron chi connectivity index (χ0n) is 11.8. The van der Waals surface area contributed by atoms with E-state index in [2.05, 4.69) is 50.7 Å². The summed E-state index contributed by atoms with van der Waals surface area (Å²) in [6, 6.07) is 7.81. The predicted octanol–water partition coefficient (Wildman–Crippen LogP) is 5.65. The van der Waals surface area contributed by atoms with E-state index in [0.717, 1.165) is 31.4 Å². The lowest BCUT2D eigenvalue weighted by atomic mass is 10.1. The fourth-order valence-corrected chi connectivity index (χ4v) is 3.30. The van der Waals surface area contributed by atoms with Crippen LogP contribution in [0, 0.1) is 13.8 Å². The highest BCUT2D eigenvalue weighted by Crippen LogP contribution is 2.35. The van der Waals surface area contributed by atoms with Gasteiger partial charge in [-0.05, 0) is 81.1 Å². The Bertz CT molecular complexity index is 840. The van der Waals surface area contributed by atoms with Crippen molar-refractivity contribution >= 4 is 43.0 Å². The first kappa shape index (κ1) is 14.6. The van der Waals surface area contributed by atoms with Crippen molar-refractivity contribution < 1.29 is 9.15 Å². The zero-order valence-corrected chi connectivity index (χ0v) is 15.0. The van der Waals surface area contributed by atoms with E-state index in [1.54, 1.807) is 7.11 Å². The van der Waals surface area contributed by atoms with Gasteiger partial charge in [0.15, 0.2) is 5.58 Å². The summed E-state index contributed by atoms with van der Waals surface area (Å²) >= 11 is 7.07. The normalized spacial score (nSPS) is 11.1. The van der Waals surface area contributed by atoms with E-state index in [0.29, 0.717) is 5.89 Å². The van der Waals surface area contributed by atoms with E-state index in [1.807, 2.05) is 24.3 Å². The van der Waals surface area contributed by atoms with Gasteiger partial charge in [0.2, 0.25) is 5.89 Å². The monoisotopic (exact) mass is 409 g/mol. The lowest BCUT2D eigenvalue weighted by Crippen LogP contribution is -1.85. The van der Waals surface area contributed by atoms with Crippen LogP contribution in [0.2, 0.25) is 0 Å². The van der Waals surface area contributed by atoms with Crippen LogP contribution in [0.15, 0.2) is 37.6 Å². The van der Waals surface area contributed by atoms with Crippen LogP contribution in [-0.2, 0) is 0 Å². The summed E-state index contributed by atoms with van der Waals surface area (Å²) in [7, 11) is 1.64. The number of aryl methyl sites for hydroxylation is 1. The maximum absolute atomic E-state index is 5.93. The van der Waals surface area contributed by atoms with E-state index < -0.39 is 0 Å². The van der Waals surface area contributed by atoms with Crippen molar-refractivity contribution in [3.63, 3.8) is 0 Å². The molecule has 0 radical (unpaired) electrons. The van der Waals surface area contributed by atoms with E-state index >= 15 is 0 Å². The standard InChI is InChI=1S/C16H13Br2NO2/c1-8-6-12-15(14(18)9(8)2)21-16(19-12)10-4-5-13(20-3)11(17)7-10/h4-7H,1-3H3. The summed E-state index contributed by atoms with van der Waals surface area (Å²) in [6.45, 7) is 4.13. The van der Waals surface area contributed by atoms with Crippen molar-refractivity contribution in [3.05, 3.63) is 44.3 Å². The van der Waals surface area contributed by atoms with Gasteiger partial charge in [-0.25, -0.2) is 4.98 Å². The molecule has 0 saturated heterocycles. The van der Waals surface area contributed by atoms with Crippen molar-refractivity contribution in [2.45, 2.75) is 13.8 Å². The van der Waals surface area contributed by atoms with E-state index in [-0.39, 0.29) is 0 Å². The third-order valence-corrected chi connectivity index (χ3v) is 5.10. The Kier molecular flexibility index (Phi) is 3.80.